The molecule has 0 atom stereocenters. The molecule has 0 N–H and O–H groups in total. The van der Waals surface area contributed by atoms with Crippen LogP contribution in [0.1, 0.15) is 24.8 Å². The Hall–Kier alpha value is 0.426. The summed E-state index contributed by atoms with van der Waals surface area (Å²) in [6, 6.07) is 11.4. The van der Waals surface area contributed by atoms with Crippen LogP contribution in [0.15, 0.2) is 24.3 Å². The van der Waals surface area contributed by atoms with Crippen LogP contribution >= 0.6 is 0 Å². The van der Waals surface area contributed by atoms with Gasteiger partial charge in [-0.25, -0.2) is 0 Å². The predicted molar refractivity (Wildman–Crippen MR) is 60.2 cm³/mol. The molecule has 1 aromatic carbocycles. The number of piperidine rings is 1. The Kier molecular flexibility index (Phi) is 8.81. The first-order valence-corrected chi connectivity index (χ1v) is 5.12. The smallest absolute Gasteiger partial charge is 1.00 e. The summed E-state index contributed by atoms with van der Waals surface area (Å²) in [6.07, 6.45) is 4.16. The summed E-state index contributed by atoms with van der Waals surface area (Å²) in [5, 5.41) is 0. The van der Waals surface area contributed by atoms with Crippen LogP contribution in [-0.4, -0.2) is 41.0 Å². The molecule has 0 saturated carbocycles. The van der Waals surface area contributed by atoms with E-state index in [1.54, 1.807) is 0 Å². The van der Waals surface area contributed by atoms with Crippen LogP contribution in [0, 0.1) is 6.07 Å². The third kappa shape index (κ3) is 5.34. The fourth-order valence-corrected chi connectivity index (χ4v) is 1.90. The van der Waals surface area contributed by atoms with E-state index in [4.69, 9.17) is 0 Å². The van der Waals surface area contributed by atoms with Gasteiger partial charge < -0.3 is 21.9 Å². The molecule has 2 rings (SSSR count). The predicted octanol–water partition coefficient (Wildman–Crippen LogP) is -0.904. The number of hydrogen-bond acceptors (Lipinski definition) is 1. The molecular formula is C12H16BrMgN. The van der Waals surface area contributed by atoms with Crippen molar-refractivity contribution >= 4 is 23.1 Å². The van der Waals surface area contributed by atoms with E-state index in [-0.39, 0.29) is 40.0 Å². The van der Waals surface area contributed by atoms with Crippen LogP contribution in [0.5, 0.6) is 0 Å². The summed E-state index contributed by atoms with van der Waals surface area (Å²) < 4.78 is 0. The molecule has 0 aliphatic carbocycles. The molecule has 0 spiro atoms. The van der Waals surface area contributed by atoms with Crippen molar-refractivity contribution in [3.05, 3.63) is 35.9 Å². The largest absolute Gasteiger partial charge is 2.00 e. The van der Waals surface area contributed by atoms with Crippen LogP contribution in [0.4, 0.5) is 0 Å². The molecule has 0 amide bonds. The Morgan fingerprint density at radius 1 is 1.20 bits per heavy atom. The van der Waals surface area contributed by atoms with Crippen molar-refractivity contribution in [3.63, 3.8) is 0 Å². The molecule has 0 radical (unpaired) electrons. The second-order valence-electron chi connectivity index (χ2n) is 3.75. The Morgan fingerprint density at radius 3 is 2.53 bits per heavy atom. The Balaban J connectivity index is 0.000000980. The van der Waals surface area contributed by atoms with E-state index >= 15 is 0 Å². The second kappa shape index (κ2) is 8.56. The minimum atomic E-state index is 0. The standard InChI is InChI=1S/C12H16N.BrH.Mg/c1-3-7-12(8-4-1)11-13-9-5-2-6-10-13;;/h1,3,7-8H,2,5-6,9-11H2;1H;/q-1;;+2/p-1. The minimum absolute atomic E-state index is 0. The zero-order valence-electron chi connectivity index (χ0n) is 9.08. The number of halogens is 1. The third-order valence-corrected chi connectivity index (χ3v) is 2.63. The molecule has 0 bridgehead atoms. The molecule has 3 heteroatoms. The number of likely N-dealkylation sites (tertiary alicyclic amines) is 1. The van der Waals surface area contributed by atoms with Crippen molar-refractivity contribution < 1.29 is 17.0 Å². The normalized spacial score (nSPS) is 16.3. The van der Waals surface area contributed by atoms with E-state index < -0.39 is 0 Å². The van der Waals surface area contributed by atoms with Gasteiger partial charge in [0.25, 0.3) is 0 Å². The first-order valence-electron chi connectivity index (χ1n) is 5.12. The Bertz CT molecular complexity index is 247. The summed E-state index contributed by atoms with van der Waals surface area (Å²) in [5.74, 6) is 0. The first-order chi connectivity index (χ1) is 6.45. The summed E-state index contributed by atoms with van der Waals surface area (Å²) in [4.78, 5) is 2.53. The molecule has 1 saturated heterocycles. The fraction of sp³-hybridized carbons (Fsp3) is 0.500. The molecule has 1 nitrogen and oxygen atoms in total. The average Bonchev–Trinajstić information content (AvgIpc) is 2.21. The first kappa shape index (κ1) is 15.4. The molecular weight excluding hydrogens is 262 g/mol. The van der Waals surface area contributed by atoms with E-state index in [0.717, 1.165) is 6.54 Å². The van der Waals surface area contributed by atoms with Crippen LogP contribution in [0.3, 0.4) is 0 Å². The van der Waals surface area contributed by atoms with Crippen LogP contribution < -0.4 is 17.0 Å². The van der Waals surface area contributed by atoms with Gasteiger partial charge in [-0.2, -0.15) is 30.3 Å². The molecule has 1 heterocycles. The molecule has 1 aliphatic heterocycles. The SMILES string of the molecule is [Br-].[Mg+2].[c-]1cccc(CN2CCCCC2)c1. The average molecular weight is 278 g/mol. The number of benzene rings is 1. The van der Waals surface area contributed by atoms with Gasteiger partial charge in [-0.15, -0.1) is 5.56 Å². The monoisotopic (exact) mass is 277 g/mol. The van der Waals surface area contributed by atoms with Gasteiger partial charge >= 0.3 is 23.1 Å². The summed E-state index contributed by atoms with van der Waals surface area (Å²) in [5.41, 5.74) is 1.39. The van der Waals surface area contributed by atoms with E-state index in [1.165, 1.54) is 37.9 Å². The van der Waals surface area contributed by atoms with Crippen molar-refractivity contribution in [2.45, 2.75) is 25.8 Å². The molecule has 78 valence electrons. The van der Waals surface area contributed by atoms with Crippen LogP contribution in [-0.2, 0) is 6.54 Å². The maximum atomic E-state index is 3.12. The van der Waals surface area contributed by atoms with Crippen molar-refractivity contribution in [2.75, 3.05) is 13.1 Å². The Labute approximate surface area is 119 Å². The van der Waals surface area contributed by atoms with Crippen LogP contribution in [0.2, 0.25) is 0 Å². The van der Waals surface area contributed by atoms with Gasteiger partial charge in [-0.3, -0.25) is 0 Å². The van der Waals surface area contributed by atoms with Crippen molar-refractivity contribution in [1.82, 2.24) is 4.90 Å². The maximum absolute atomic E-state index is 3.12. The number of nitrogens with zero attached hydrogens (tertiary/aromatic N) is 1. The zero-order valence-corrected chi connectivity index (χ0v) is 12.1. The molecule has 1 aliphatic rings. The summed E-state index contributed by atoms with van der Waals surface area (Å²) >= 11 is 0. The molecule has 15 heavy (non-hydrogen) atoms. The Morgan fingerprint density at radius 2 is 1.93 bits per heavy atom. The maximum Gasteiger partial charge on any atom is 2.00 e. The zero-order chi connectivity index (χ0) is 8.93. The second-order valence-corrected chi connectivity index (χ2v) is 3.75. The van der Waals surface area contributed by atoms with Gasteiger partial charge in [0.15, 0.2) is 0 Å². The van der Waals surface area contributed by atoms with Gasteiger partial charge in [0.05, 0.1) is 0 Å². The fourth-order valence-electron chi connectivity index (χ4n) is 1.90. The van der Waals surface area contributed by atoms with Gasteiger partial charge in [0.2, 0.25) is 0 Å². The van der Waals surface area contributed by atoms with Gasteiger partial charge in [0, 0.05) is 0 Å². The summed E-state index contributed by atoms with van der Waals surface area (Å²) in [6.45, 7) is 3.65. The molecule has 0 aromatic heterocycles. The number of rotatable bonds is 2. The summed E-state index contributed by atoms with van der Waals surface area (Å²) in [7, 11) is 0. The van der Waals surface area contributed by atoms with Crippen molar-refractivity contribution in [1.29, 1.82) is 0 Å². The van der Waals surface area contributed by atoms with Crippen molar-refractivity contribution in [3.8, 4) is 0 Å². The minimum Gasteiger partial charge on any atom is -1.00 e. The van der Waals surface area contributed by atoms with Crippen LogP contribution in [0.25, 0.3) is 0 Å². The van der Waals surface area contributed by atoms with Gasteiger partial charge in [0.1, 0.15) is 0 Å². The molecule has 1 fully saturated rings. The molecule has 1 aromatic rings. The van der Waals surface area contributed by atoms with E-state index in [9.17, 15) is 0 Å². The van der Waals surface area contributed by atoms with Crippen molar-refractivity contribution in [2.24, 2.45) is 0 Å². The topological polar surface area (TPSA) is 3.24 Å². The van der Waals surface area contributed by atoms with E-state index in [0.29, 0.717) is 0 Å². The van der Waals surface area contributed by atoms with Gasteiger partial charge in [-0.1, -0.05) is 6.42 Å². The van der Waals surface area contributed by atoms with Gasteiger partial charge in [-0.05, 0) is 32.5 Å². The van der Waals surface area contributed by atoms with E-state index in [2.05, 4.69) is 29.2 Å². The number of hydrogen-bond donors (Lipinski definition) is 0. The quantitative estimate of drug-likeness (QED) is 0.500. The third-order valence-electron chi connectivity index (χ3n) is 2.63. The van der Waals surface area contributed by atoms with E-state index in [1.807, 2.05) is 6.07 Å². The molecule has 0 unspecified atom stereocenters.